The Hall–Kier alpha value is -1.16. The van der Waals surface area contributed by atoms with E-state index in [1.165, 1.54) is 17.8 Å². The Morgan fingerprint density at radius 2 is 1.93 bits per heavy atom. The van der Waals surface area contributed by atoms with Gasteiger partial charge in [0.1, 0.15) is 17.1 Å². The molecule has 3 fully saturated rings. The summed E-state index contributed by atoms with van der Waals surface area (Å²) in [7, 11) is 0. The maximum atomic E-state index is 15.1. The topological polar surface area (TPSA) is 52.1 Å². The van der Waals surface area contributed by atoms with E-state index in [0.29, 0.717) is 21.9 Å². The summed E-state index contributed by atoms with van der Waals surface area (Å²) in [5.41, 5.74) is -1.33. The molecule has 3 atom stereocenters. The summed E-state index contributed by atoms with van der Waals surface area (Å²) < 4.78 is 60.7. The van der Waals surface area contributed by atoms with E-state index in [1.807, 2.05) is 27.7 Å². The Balaban J connectivity index is 1.68. The largest absolute Gasteiger partial charge is 0.433 e. The molecule has 0 aliphatic carbocycles. The normalized spacial score (nSPS) is 35.4. The van der Waals surface area contributed by atoms with Crippen LogP contribution in [0.15, 0.2) is 23.1 Å². The molecule has 4 bridgehead atoms. The lowest BCUT2D eigenvalue weighted by atomic mass is 9.29. The minimum Gasteiger partial charge on any atom is -0.424 e. The number of fused-ring (bicyclic) bond motifs is 5. The van der Waals surface area contributed by atoms with Gasteiger partial charge >= 0.3 is 13.7 Å². The first kappa shape index (κ1) is 20.7. The van der Waals surface area contributed by atoms with Crippen molar-refractivity contribution in [1.82, 2.24) is 5.32 Å². The molecule has 160 valence electrons. The summed E-state index contributed by atoms with van der Waals surface area (Å²) in [4.78, 5) is 4.77. The second-order valence-electron chi connectivity index (χ2n) is 9.36. The van der Waals surface area contributed by atoms with Crippen molar-refractivity contribution in [3.8, 4) is 0 Å². The van der Waals surface area contributed by atoms with Gasteiger partial charge in [-0.25, -0.2) is 13.2 Å². The van der Waals surface area contributed by atoms with Gasteiger partial charge in [-0.1, -0.05) is 29.4 Å². The highest BCUT2D eigenvalue weighted by Gasteiger charge is 2.60. The fourth-order valence-electron chi connectivity index (χ4n) is 4.68. The third-order valence-electron chi connectivity index (χ3n) is 7.10. The molecule has 1 aromatic rings. The van der Waals surface area contributed by atoms with Gasteiger partial charge in [-0.2, -0.15) is 0 Å². The molecule has 0 saturated carbocycles. The van der Waals surface area contributed by atoms with Crippen LogP contribution >= 0.6 is 11.8 Å². The van der Waals surface area contributed by atoms with Crippen LogP contribution < -0.4 is 10.8 Å². The third kappa shape index (κ3) is 2.88. The summed E-state index contributed by atoms with van der Waals surface area (Å²) in [6, 6.07) is 4.73. The number of amidine groups is 1. The number of benzene rings is 1. The average molecular weight is 438 g/mol. The van der Waals surface area contributed by atoms with Crippen molar-refractivity contribution in [2.45, 2.75) is 57.0 Å². The summed E-state index contributed by atoms with van der Waals surface area (Å²) in [6.45, 7) is 6.54. The Morgan fingerprint density at radius 3 is 2.67 bits per heavy atom. The molecule has 4 aliphatic rings. The van der Waals surface area contributed by atoms with Crippen molar-refractivity contribution in [1.29, 1.82) is 0 Å². The predicted molar refractivity (Wildman–Crippen MR) is 112 cm³/mol. The van der Waals surface area contributed by atoms with E-state index >= 15 is 4.39 Å². The predicted octanol–water partition coefficient (Wildman–Crippen LogP) is 2.38. The van der Waals surface area contributed by atoms with Gasteiger partial charge in [0.15, 0.2) is 0 Å². The second-order valence-corrected chi connectivity index (χ2v) is 10.4. The molecular weight excluding hydrogens is 415 g/mol. The van der Waals surface area contributed by atoms with Crippen LogP contribution in [0.2, 0.25) is 0 Å². The summed E-state index contributed by atoms with van der Waals surface area (Å²) in [6.07, 6.45) is -3.91. The molecule has 5 rings (SSSR count). The zero-order valence-electron chi connectivity index (χ0n) is 17.2. The van der Waals surface area contributed by atoms with Crippen LogP contribution in [0.5, 0.6) is 0 Å². The van der Waals surface area contributed by atoms with Crippen molar-refractivity contribution in [3.05, 3.63) is 29.6 Å². The first-order valence-corrected chi connectivity index (χ1v) is 11.1. The number of hydrogen-bond donors (Lipinski definition) is 1. The average Bonchev–Trinajstić information content (AvgIpc) is 3.05. The number of thioether (sulfide) groups is 1. The minimum absolute atomic E-state index is 0.0549. The molecule has 1 spiro atoms. The summed E-state index contributed by atoms with van der Waals surface area (Å²) in [5, 5.41) is 3.79. The summed E-state index contributed by atoms with van der Waals surface area (Å²) in [5.74, 6) is -0.714. The molecule has 0 amide bonds. The number of halogens is 3. The van der Waals surface area contributed by atoms with E-state index in [2.05, 4.69) is 5.32 Å². The van der Waals surface area contributed by atoms with Crippen LogP contribution in [-0.2, 0) is 19.6 Å². The lowest BCUT2D eigenvalue weighted by Gasteiger charge is -2.49. The Labute approximate surface area is 178 Å². The van der Waals surface area contributed by atoms with Gasteiger partial charge in [0.05, 0.1) is 23.3 Å². The number of nitrogens with one attached hydrogen (secondary N) is 1. The number of hydrogen-bond acceptors (Lipinski definition) is 6. The molecule has 30 heavy (non-hydrogen) atoms. The highest BCUT2D eigenvalue weighted by molar-refractivity contribution is 8.14. The van der Waals surface area contributed by atoms with Crippen molar-refractivity contribution < 1.29 is 27.2 Å². The number of ether oxygens (including phenoxy) is 1. The molecule has 4 aliphatic heterocycles. The lowest BCUT2D eigenvalue weighted by molar-refractivity contribution is -0.0888. The molecule has 1 aromatic carbocycles. The minimum atomic E-state index is -2.65. The maximum absolute atomic E-state index is 15.1. The monoisotopic (exact) mass is 438 g/mol. The van der Waals surface area contributed by atoms with Crippen LogP contribution in [0.25, 0.3) is 0 Å². The molecule has 1 N–H and O–H groups in total. The highest BCUT2D eigenvalue weighted by Crippen LogP contribution is 2.47. The van der Waals surface area contributed by atoms with E-state index in [4.69, 9.17) is 18.9 Å². The molecule has 3 saturated heterocycles. The zero-order chi connectivity index (χ0) is 21.5. The SMILES string of the molecule is CC1(C)OB2/N=C3\NC4(COC(C(F)F)C4CS3)c3cc(ccc3F)B2OC1(C)C. The smallest absolute Gasteiger partial charge is 0.424 e. The molecule has 5 nitrogen and oxygen atoms in total. The Morgan fingerprint density at radius 1 is 1.20 bits per heavy atom. The highest BCUT2D eigenvalue weighted by atomic mass is 32.2. The lowest BCUT2D eigenvalue weighted by Crippen LogP contribution is -2.67. The van der Waals surface area contributed by atoms with Crippen LogP contribution in [0, 0.1) is 11.7 Å². The first-order valence-electron chi connectivity index (χ1n) is 10.1. The van der Waals surface area contributed by atoms with Gasteiger partial charge in [0.25, 0.3) is 6.43 Å². The van der Waals surface area contributed by atoms with Crippen LogP contribution in [0.1, 0.15) is 33.3 Å². The standard InChI is InChI=1S/C19H23B2F3N2O3S/c1-17(2)18(3,4)29-21-20(28-17)10-5-6-13(22)11(7-10)19-9-27-14(15(23)24)12(19)8-30-16(25-19)26-21/h5-7,12,14-15H,8-9H2,1-4H3,(H,25,26). The van der Waals surface area contributed by atoms with E-state index in [9.17, 15) is 8.78 Å². The van der Waals surface area contributed by atoms with Crippen LogP contribution in [0.3, 0.4) is 0 Å². The maximum Gasteiger partial charge on any atom is 0.433 e. The fourth-order valence-corrected chi connectivity index (χ4v) is 5.93. The van der Waals surface area contributed by atoms with Crippen molar-refractivity contribution in [3.63, 3.8) is 0 Å². The molecule has 11 heteroatoms. The van der Waals surface area contributed by atoms with Gasteiger partial charge in [-0.15, -0.1) is 0 Å². The number of alkyl halides is 2. The van der Waals surface area contributed by atoms with E-state index in [0.717, 1.165) is 0 Å². The van der Waals surface area contributed by atoms with Gasteiger partial charge in [0.2, 0.25) is 0 Å². The fraction of sp³-hybridized carbons (Fsp3) is 0.632. The van der Waals surface area contributed by atoms with Crippen LogP contribution in [0.4, 0.5) is 13.2 Å². The number of nitrogens with zero attached hydrogens (tertiary/aromatic N) is 1. The summed E-state index contributed by atoms with van der Waals surface area (Å²) >= 11 is 1.33. The van der Waals surface area contributed by atoms with Crippen molar-refractivity contribution in [2.24, 2.45) is 10.8 Å². The third-order valence-corrected chi connectivity index (χ3v) is 8.11. The van der Waals surface area contributed by atoms with Gasteiger partial charge in [-0.3, -0.25) is 4.90 Å². The molecular formula is C19H23B2F3N2O3S. The van der Waals surface area contributed by atoms with Crippen molar-refractivity contribution in [2.75, 3.05) is 12.4 Å². The molecule has 0 aromatic heterocycles. The van der Waals surface area contributed by atoms with E-state index in [1.54, 1.807) is 12.1 Å². The van der Waals surface area contributed by atoms with Gasteiger partial charge in [-0.05, 0) is 33.8 Å². The van der Waals surface area contributed by atoms with E-state index in [-0.39, 0.29) is 6.61 Å². The van der Waals surface area contributed by atoms with Crippen molar-refractivity contribution >= 4 is 36.1 Å². The Bertz CT molecular complexity index is 919. The second kappa shape index (κ2) is 6.67. The molecule has 4 heterocycles. The van der Waals surface area contributed by atoms with Gasteiger partial charge < -0.3 is 19.4 Å². The van der Waals surface area contributed by atoms with Gasteiger partial charge in [0, 0.05) is 17.2 Å². The Kier molecular flexibility index (Phi) is 4.61. The zero-order valence-corrected chi connectivity index (χ0v) is 18.1. The number of rotatable bonds is 1. The molecule has 3 unspecified atom stereocenters. The van der Waals surface area contributed by atoms with Crippen LogP contribution in [-0.4, -0.2) is 55.0 Å². The first-order chi connectivity index (χ1) is 14.0. The quantitative estimate of drug-likeness (QED) is 0.683. The van der Waals surface area contributed by atoms with E-state index < -0.39 is 54.8 Å². The molecule has 0 radical (unpaired) electrons.